The number of hydrogen-bond acceptors (Lipinski definition) is 3. The van der Waals surface area contributed by atoms with E-state index in [1.54, 1.807) is 7.11 Å². The van der Waals surface area contributed by atoms with Crippen LogP contribution in [0.2, 0.25) is 0 Å². The molecule has 1 aliphatic heterocycles. The van der Waals surface area contributed by atoms with Crippen molar-refractivity contribution in [3.63, 3.8) is 0 Å². The summed E-state index contributed by atoms with van der Waals surface area (Å²) >= 11 is 0. The van der Waals surface area contributed by atoms with Crippen LogP contribution in [0.5, 0.6) is 0 Å². The van der Waals surface area contributed by atoms with Gasteiger partial charge in [-0.25, -0.2) is 4.68 Å². The molecule has 4 heteroatoms. The number of benzene rings is 1. The third-order valence-corrected chi connectivity index (χ3v) is 4.34. The molecule has 0 unspecified atom stereocenters. The van der Waals surface area contributed by atoms with Crippen molar-refractivity contribution in [2.75, 3.05) is 26.8 Å². The normalized spacial score (nSPS) is 19.0. The van der Waals surface area contributed by atoms with Gasteiger partial charge in [0.05, 0.1) is 18.0 Å². The Morgan fingerprint density at radius 3 is 2.86 bits per heavy atom. The lowest BCUT2D eigenvalue weighted by molar-refractivity contribution is 0.152. The zero-order valence-electron chi connectivity index (χ0n) is 13.7. The Balaban J connectivity index is 1.71. The van der Waals surface area contributed by atoms with Crippen LogP contribution in [0.1, 0.15) is 23.4 Å². The summed E-state index contributed by atoms with van der Waals surface area (Å²) < 4.78 is 7.30. The van der Waals surface area contributed by atoms with Gasteiger partial charge in [-0.1, -0.05) is 12.1 Å². The monoisotopic (exact) mass is 299 g/mol. The lowest BCUT2D eigenvalue weighted by atomic mass is 10.1. The molecular formula is C18H25N3O. The molecule has 22 heavy (non-hydrogen) atoms. The van der Waals surface area contributed by atoms with Crippen molar-refractivity contribution in [3.8, 4) is 5.69 Å². The first kappa shape index (κ1) is 15.3. The Hall–Kier alpha value is -1.65. The molecule has 1 saturated heterocycles. The molecule has 0 spiro atoms. The summed E-state index contributed by atoms with van der Waals surface area (Å²) in [5.74, 6) is 0.684. The number of aryl methyl sites for hydroxylation is 2. The van der Waals surface area contributed by atoms with Crippen LogP contribution in [0.25, 0.3) is 5.69 Å². The second-order valence-electron chi connectivity index (χ2n) is 6.35. The Kier molecular flexibility index (Phi) is 4.60. The van der Waals surface area contributed by atoms with E-state index in [0.717, 1.165) is 37.6 Å². The molecule has 0 N–H and O–H groups in total. The third kappa shape index (κ3) is 3.39. The van der Waals surface area contributed by atoms with E-state index in [4.69, 9.17) is 4.74 Å². The minimum atomic E-state index is 0.684. The standard InChI is InChI=1S/C18H25N3O/c1-14-9-15(2)21(19-14)18-6-4-5-16(10-18)11-20-8-7-17(12-20)13-22-3/h4-6,9-10,17H,7-8,11-13H2,1-3H3/t17-/m0/s1. The van der Waals surface area contributed by atoms with Gasteiger partial charge in [0.15, 0.2) is 0 Å². The summed E-state index contributed by atoms with van der Waals surface area (Å²) in [6.45, 7) is 8.32. The van der Waals surface area contributed by atoms with Crippen LogP contribution < -0.4 is 0 Å². The van der Waals surface area contributed by atoms with E-state index in [1.165, 1.54) is 17.7 Å². The third-order valence-electron chi connectivity index (χ3n) is 4.34. The van der Waals surface area contributed by atoms with Gasteiger partial charge in [-0.05, 0) is 56.5 Å². The number of methoxy groups -OCH3 is 1. The van der Waals surface area contributed by atoms with Gasteiger partial charge < -0.3 is 4.74 Å². The fourth-order valence-corrected chi connectivity index (χ4v) is 3.36. The topological polar surface area (TPSA) is 30.3 Å². The van der Waals surface area contributed by atoms with Crippen LogP contribution in [0.15, 0.2) is 30.3 Å². The van der Waals surface area contributed by atoms with Gasteiger partial charge in [-0.3, -0.25) is 4.90 Å². The minimum Gasteiger partial charge on any atom is -0.384 e. The van der Waals surface area contributed by atoms with Gasteiger partial charge in [0.1, 0.15) is 0 Å². The molecule has 0 amide bonds. The van der Waals surface area contributed by atoms with Crippen LogP contribution in [-0.2, 0) is 11.3 Å². The number of nitrogens with zero attached hydrogens (tertiary/aromatic N) is 3. The van der Waals surface area contributed by atoms with Crippen molar-refractivity contribution >= 4 is 0 Å². The van der Waals surface area contributed by atoms with Gasteiger partial charge in [0.2, 0.25) is 0 Å². The zero-order chi connectivity index (χ0) is 15.5. The van der Waals surface area contributed by atoms with Crippen molar-refractivity contribution in [1.82, 2.24) is 14.7 Å². The number of hydrogen-bond donors (Lipinski definition) is 0. The molecule has 2 aromatic rings. The predicted molar refractivity (Wildman–Crippen MR) is 88.3 cm³/mol. The molecule has 0 aliphatic carbocycles. The highest BCUT2D eigenvalue weighted by molar-refractivity contribution is 5.37. The Morgan fingerprint density at radius 2 is 2.14 bits per heavy atom. The van der Waals surface area contributed by atoms with E-state index in [1.807, 2.05) is 11.6 Å². The molecule has 0 saturated carbocycles. The van der Waals surface area contributed by atoms with E-state index < -0.39 is 0 Å². The average Bonchev–Trinajstić information content (AvgIpc) is 3.06. The van der Waals surface area contributed by atoms with Crippen LogP contribution in [-0.4, -0.2) is 41.5 Å². The summed E-state index contributed by atoms with van der Waals surface area (Å²) in [5.41, 5.74) is 4.74. The maximum absolute atomic E-state index is 5.28. The largest absolute Gasteiger partial charge is 0.384 e. The van der Waals surface area contributed by atoms with E-state index in [-0.39, 0.29) is 0 Å². The van der Waals surface area contributed by atoms with Gasteiger partial charge in [-0.2, -0.15) is 5.10 Å². The van der Waals surface area contributed by atoms with E-state index in [0.29, 0.717) is 5.92 Å². The molecule has 4 nitrogen and oxygen atoms in total. The first-order valence-corrected chi connectivity index (χ1v) is 7.99. The summed E-state index contributed by atoms with van der Waals surface area (Å²) in [6, 6.07) is 10.8. The average molecular weight is 299 g/mol. The van der Waals surface area contributed by atoms with E-state index in [2.05, 4.69) is 47.3 Å². The predicted octanol–water partition coefficient (Wildman–Crippen LogP) is 2.96. The van der Waals surface area contributed by atoms with Gasteiger partial charge in [0, 0.05) is 25.9 Å². The van der Waals surface area contributed by atoms with Gasteiger partial charge >= 0.3 is 0 Å². The lowest BCUT2D eigenvalue weighted by Crippen LogP contribution is -2.21. The second kappa shape index (κ2) is 6.63. The number of likely N-dealkylation sites (tertiary alicyclic amines) is 1. The lowest BCUT2D eigenvalue weighted by Gasteiger charge is -2.16. The maximum atomic E-state index is 5.28. The van der Waals surface area contributed by atoms with Crippen molar-refractivity contribution < 1.29 is 4.74 Å². The zero-order valence-corrected chi connectivity index (χ0v) is 13.7. The molecular weight excluding hydrogens is 274 g/mol. The second-order valence-corrected chi connectivity index (χ2v) is 6.35. The Labute approximate surface area is 132 Å². The van der Waals surface area contributed by atoms with Gasteiger partial charge in [-0.15, -0.1) is 0 Å². The molecule has 0 bridgehead atoms. The molecule has 1 atom stereocenters. The van der Waals surface area contributed by atoms with Crippen LogP contribution in [0.4, 0.5) is 0 Å². The fourth-order valence-electron chi connectivity index (χ4n) is 3.36. The van der Waals surface area contributed by atoms with Crippen LogP contribution in [0.3, 0.4) is 0 Å². The van der Waals surface area contributed by atoms with E-state index in [9.17, 15) is 0 Å². The Bertz CT molecular complexity index is 635. The van der Waals surface area contributed by atoms with Crippen molar-refractivity contribution in [3.05, 3.63) is 47.3 Å². The highest BCUT2D eigenvalue weighted by Gasteiger charge is 2.22. The summed E-state index contributed by atoms with van der Waals surface area (Å²) in [5, 5.41) is 4.58. The van der Waals surface area contributed by atoms with E-state index >= 15 is 0 Å². The minimum absolute atomic E-state index is 0.684. The number of rotatable bonds is 5. The molecule has 1 aromatic heterocycles. The number of ether oxygens (including phenoxy) is 1. The van der Waals surface area contributed by atoms with Crippen molar-refractivity contribution in [1.29, 1.82) is 0 Å². The molecule has 1 fully saturated rings. The maximum Gasteiger partial charge on any atom is 0.0651 e. The summed E-state index contributed by atoms with van der Waals surface area (Å²) in [4.78, 5) is 2.52. The van der Waals surface area contributed by atoms with Crippen LogP contribution in [0, 0.1) is 19.8 Å². The molecule has 3 rings (SSSR count). The quantitative estimate of drug-likeness (QED) is 0.850. The molecule has 1 aliphatic rings. The van der Waals surface area contributed by atoms with Gasteiger partial charge in [0.25, 0.3) is 0 Å². The first-order valence-electron chi connectivity index (χ1n) is 7.99. The van der Waals surface area contributed by atoms with Crippen LogP contribution >= 0.6 is 0 Å². The molecule has 1 aromatic carbocycles. The molecule has 2 heterocycles. The smallest absolute Gasteiger partial charge is 0.0651 e. The SMILES string of the molecule is COC[C@H]1CCN(Cc2cccc(-n3nc(C)cc3C)c2)C1. The fraction of sp³-hybridized carbons (Fsp3) is 0.500. The Morgan fingerprint density at radius 1 is 1.27 bits per heavy atom. The highest BCUT2D eigenvalue weighted by Crippen LogP contribution is 2.20. The molecule has 0 radical (unpaired) electrons. The van der Waals surface area contributed by atoms with Crippen molar-refractivity contribution in [2.24, 2.45) is 5.92 Å². The summed E-state index contributed by atoms with van der Waals surface area (Å²) in [6.07, 6.45) is 1.24. The summed E-state index contributed by atoms with van der Waals surface area (Å²) in [7, 11) is 1.79. The number of aromatic nitrogens is 2. The molecule has 118 valence electrons. The van der Waals surface area contributed by atoms with Crippen molar-refractivity contribution in [2.45, 2.75) is 26.8 Å². The first-order chi connectivity index (χ1) is 10.7. The highest BCUT2D eigenvalue weighted by atomic mass is 16.5.